The van der Waals surface area contributed by atoms with Crippen LogP contribution in [0.15, 0.2) is 66.9 Å². The van der Waals surface area contributed by atoms with E-state index >= 15 is 0 Å². The molecule has 1 aromatic heterocycles. The van der Waals surface area contributed by atoms with Crippen molar-refractivity contribution >= 4 is 10.8 Å². The molecule has 0 spiro atoms. The van der Waals surface area contributed by atoms with Crippen LogP contribution in [-0.4, -0.2) is 0 Å². The minimum atomic E-state index is 0.425. The lowest BCUT2D eigenvalue weighted by molar-refractivity contribution is -0.693. The van der Waals surface area contributed by atoms with Gasteiger partial charge in [0.1, 0.15) is 6.42 Å². The number of benzene rings is 2. The summed E-state index contributed by atoms with van der Waals surface area (Å²) >= 11 is 0. The zero-order valence-corrected chi connectivity index (χ0v) is 11.2. The molecule has 0 N–H and O–H groups in total. The number of pyridine rings is 1. The van der Waals surface area contributed by atoms with Crippen molar-refractivity contribution in [1.29, 1.82) is 5.26 Å². The third-order valence-electron chi connectivity index (χ3n) is 3.49. The number of rotatable bonds is 3. The number of nitriles is 1. The minimum Gasteiger partial charge on any atom is -0.198 e. The van der Waals surface area contributed by atoms with E-state index < -0.39 is 0 Å². The highest BCUT2D eigenvalue weighted by molar-refractivity contribution is 5.83. The van der Waals surface area contributed by atoms with E-state index in [1.165, 1.54) is 10.9 Å². The van der Waals surface area contributed by atoms with Crippen molar-refractivity contribution in [2.75, 3.05) is 0 Å². The average molecular weight is 259 g/mol. The van der Waals surface area contributed by atoms with Gasteiger partial charge in [0.25, 0.3) is 0 Å². The van der Waals surface area contributed by atoms with Crippen molar-refractivity contribution in [3.05, 3.63) is 78.1 Å². The third-order valence-corrected chi connectivity index (χ3v) is 3.49. The van der Waals surface area contributed by atoms with Crippen molar-refractivity contribution in [2.24, 2.45) is 0 Å². The van der Waals surface area contributed by atoms with Gasteiger partial charge in [-0.3, -0.25) is 0 Å². The molecule has 3 aromatic rings. The van der Waals surface area contributed by atoms with Crippen LogP contribution in [0.3, 0.4) is 0 Å². The van der Waals surface area contributed by atoms with Crippen LogP contribution in [0.2, 0.25) is 0 Å². The Labute approximate surface area is 118 Å². The molecule has 0 fully saturated rings. The van der Waals surface area contributed by atoms with Crippen LogP contribution in [0.1, 0.15) is 11.3 Å². The molecule has 2 nitrogen and oxygen atoms in total. The number of hydrogen-bond acceptors (Lipinski definition) is 1. The fourth-order valence-electron chi connectivity index (χ4n) is 2.52. The van der Waals surface area contributed by atoms with Crippen molar-refractivity contribution in [3.63, 3.8) is 0 Å². The lowest BCUT2D eigenvalue weighted by Crippen LogP contribution is -2.38. The predicted octanol–water partition coefficient (Wildman–Crippen LogP) is 3.24. The number of fused-ring (bicyclic) bond motifs is 1. The molecule has 2 aromatic carbocycles. The Morgan fingerprint density at radius 3 is 2.45 bits per heavy atom. The van der Waals surface area contributed by atoms with Crippen LogP contribution in [-0.2, 0) is 13.0 Å². The molecule has 0 bridgehead atoms. The van der Waals surface area contributed by atoms with Gasteiger partial charge in [-0.15, -0.1) is 0 Å². The van der Waals surface area contributed by atoms with Gasteiger partial charge in [0.05, 0.1) is 11.5 Å². The zero-order valence-electron chi connectivity index (χ0n) is 11.2. The Hall–Kier alpha value is -2.66. The highest BCUT2D eigenvalue weighted by Crippen LogP contribution is 2.16. The molecule has 3 rings (SSSR count). The van der Waals surface area contributed by atoms with E-state index in [9.17, 15) is 0 Å². The first kappa shape index (κ1) is 12.4. The molecule has 0 radical (unpaired) electrons. The summed E-state index contributed by atoms with van der Waals surface area (Å²) in [5, 5.41) is 11.4. The Morgan fingerprint density at radius 1 is 0.900 bits per heavy atom. The van der Waals surface area contributed by atoms with Crippen molar-refractivity contribution in [3.8, 4) is 6.07 Å². The standard InChI is InChI=1S/C18H15N2/c19-12-10-18-17-9-5-4-8-16(17)11-13-20(18)14-15-6-2-1-3-7-15/h1-9,11,13H,10,14H2/q+1. The maximum atomic E-state index is 9.11. The van der Waals surface area contributed by atoms with E-state index in [-0.39, 0.29) is 0 Å². The maximum absolute atomic E-state index is 9.11. The van der Waals surface area contributed by atoms with E-state index in [0.717, 1.165) is 17.6 Å². The lowest BCUT2D eigenvalue weighted by Gasteiger charge is -2.05. The van der Waals surface area contributed by atoms with E-state index in [2.05, 4.69) is 47.2 Å². The summed E-state index contributed by atoms with van der Waals surface area (Å²) in [6, 6.07) is 22.9. The van der Waals surface area contributed by atoms with Crippen LogP contribution in [0.4, 0.5) is 0 Å². The first-order valence-electron chi connectivity index (χ1n) is 6.69. The first-order valence-corrected chi connectivity index (χ1v) is 6.69. The Balaban J connectivity index is 2.10. The summed E-state index contributed by atoms with van der Waals surface area (Å²) in [6.45, 7) is 0.794. The minimum absolute atomic E-state index is 0.425. The molecule has 0 aliphatic carbocycles. The van der Waals surface area contributed by atoms with Crippen molar-refractivity contribution in [2.45, 2.75) is 13.0 Å². The van der Waals surface area contributed by atoms with E-state index in [1.807, 2.05) is 30.3 Å². The maximum Gasteiger partial charge on any atom is 0.203 e. The molecule has 20 heavy (non-hydrogen) atoms. The summed E-state index contributed by atoms with van der Waals surface area (Å²) in [4.78, 5) is 0. The highest BCUT2D eigenvalue weighted by Gasteiger charge is 2.15. The Kier molecular flexibility index (Phi) is 3.43. The van der Waals surface area contributed by atoms with Gasteiger partial charge in [-0.25, -0.2) is 0 Å². The summed E-state index contributed by atoms with van der Waals surface area (Å²) in [5.41, 5.74) is 2.32. The topological polar surface area (TPSA) is 27.7 Å². The largest absolute Gasteiger partial charge is 0.203 e. The lowest BCUT2D eigenvalue weighted by atomic mass is 10.1. The quantitative estimate of drug-likeness (QED) is 0.663. The molecule has 0 saturated carbocycles. The van der Waals surface area contributed by atoms with Crippen LogP contribution >= 0.6 is 0 Å². The van der Waals surface area contributed by atoms with Crippen LogP contribution in [0.5, 0.6) is 0 Å². The molecular formula is C18H15N2+. The molecule has 2 heteroatoms. The van der Waals surface area contributed by atoms with Crippen molar-refractivity contribution in [1.82, 2.24) is 0 Å². The molecular weight excluding hydrogens is 244 g/mol. The Morgan fingerprint density at radius 2 is 1.65 bits per heavy atom. The van der Waals surface area contributed by atoms with Gasteiger partial charge >= 0.3 is 0 Å². The fraction of sp³-hybridized carbons (Fsp3) is 0.111. The number of nitrogens with zero attached hydrogens (tertiary/aromatic N) is 2. The van der Waals surface area contributed by atoms with E-state index in [4.69, 9.17) is 5.26 Å². The van der Waals surface area contributed by atoms with Gasteiger partial charge < -0.3 is 0 Å². The zero-order chi connectivity index (χ0) is 13.8. The SMILES string of the molecule is N#CCc1c2ccccc2cc[n+]1Cc1ccccc1. The highest BCUT2D eigenvalue weighted by atomic mass is 15.0. The Bertz CT molecular complexity index is 770. The molecule has 0 aliphatic heterocycles. The summed E-state index contributed by atoms with van der Waals surface area (Å²) in [5.74, 6) is 0. The van der Waals surface area contributed by atoms with E-state index in [1.54, 1.807) is 0 Å². The van der Waals surface area contributed by atoms with Crippen molar-refractivity contribution < 1.29 is 4.57 Å². The van der Waals surface area contributed by atoms with E-state index in [0.29, 0.717) is 6.42 Å². The molecule has 0 unspecified atom stereocenters. The van der Waals surface area contributed by atoms with Gasteiger partial charge in [0.2, 0.25) is 5.69 Å². The van der Waals surface area contributed by atoms with Crippen LogP contribution in [0, 0.1) is 11.3 Å². The normalized spacial score (nSPS) is 10.3. The van der Waals surface area contributed by atoms with Gasteiger partial charge in [0, 0.05) is 11.6 Å². The fourth-order valence-corrected chi connectivity index (χ4v) is 2.52. The summed E-state index contributed by atoms with van der Waals surface area (Å²) in [6.07, 6.45) is 2.50. The monoisotopic (exact) mass is 259 g/mol. The van der Waals surface area contributed by atoms with Gasteiger partial charge in [0.15, 0.2) is 12.7 Å². The summed E-state index contributed by atoms with van der Waals surface area (Å²) < 4.78 is 2.17. The molecule has 0 amide bonds. The molecule has 0 atom stereocenters. The molecule has 0 saturated heterocycles. The number of aromatic nitrogens is 1. The molecule has 96 valence electrons. The summed E-state index contributed by atoms with van der Waals surface area (Å²) in [7, 11) is 0. The first-order chi connectivity index (χ1) is 9.88. The van der Waals surface area contributed by atoms with Gasteiger partial charge in [-0.1, -0.05) is 48.5 Å². The van der Waals surface area contributed by atoms with Crippen LogP contribution < -0.4 is 4.57 Å². The second-order valence-electron chi connectivity index (χ2n) is 4.80. The molecule has 0 aliphatic rings. The van der Waals surface area contributed by atoms with Crippen LogP contribution in [0.25, 0.3) is 10.8 Å². The second-order valence-corrected chi connectivity index (χ2v) is 4.80. The number of hydrogen-bond donors (Lipinski definition) is 0. The average Bonchev–Trinajstić information content (AvgIpc) is 2.51. The predicted molar refractivity (Wildman–Crippen MR) is 79.0 cm³/mol. The second kappa shape index (κ2) is 5.54. The van der Waals surface area contributed by atoms with Gasteiger partial charge in [-0.05, 0) is 11.5 Å². The smallest absolute Gasteiger partial charge is 0.198 e. The molecule has 1 heterocycles. The third kappa shape index (κ3) is 2.39. The van der Waals surface area contributed by atoms with Gasteiger partial charge in [-0.2, -0.15) is 9.83 Å².